The average Bonchev–Trinajstić information content (AvgIpc) is 3.07. The highest BCUT2D eigenvalue weighted by Crippen LogP contribution is 2.37. The van der Waals surface area contributed by atoms with Crippen molar-refractivity contribution in [3.63, 3.8) is 0 Å². The van der Waals surface area contributed by atoms with E-state index in [1.807, 2.05) is 6.20 Å². The van der Waals surface area contributed by atoms with E-state index >= 15 is 0 Å². The highest BCUT2D eigenvalue weighted by Gasteiger charge is 2.33. The Morgan fingerprint density at radius 3 is 3.19 bits per heavy atom. The van der Waals surface area contributed by atoms with Crippen LogP contribution in [0.2, 0.25) is 0 Å². The van der Waals surface area contributed by atoms with Gasteiger partial charge >= 0.3 is 5.97 Å². The fourth-order valence-electron chi connectivity index (χ4n) is 2.18. The van der Waals surface area contributed by atoms with Gasteiger partial charge in [0.1, 0.15) is 5.52 Å². The van der Waals surface area contributed by atoms with Crippen LogP contribution in [0.15, 0.2) is 12.3 Å². The van der Waals surface area contributed by atoms with Crippen LogP contribution < -0.4 is 4.74 Å². The summed E-state index contributed by atoms with van der Waals surface area (Å²) in [6, 6.07) is 2.06. The molecule has 0 amide bonds. The van der Waals surface area contributed by atoms with E-state index in [0.29, 0.717) is 5.75 Å². The van der Waals surface area contributed by atoms with Crippen molar-refractivity contribution in [2.45, 2.75) is 19.3 Å². The van der Waals surface area contributed by atoms with Crippen LogP contribution in [-0.4, -0.2) is 15.9 Å². The Kier molecular flexibility index (Phi) is 1.37. The number of fused-ring (bicyclic) bond motifs is 2. The van der Waals surface area contributed by atoms with E-state index in [2.05, 4.69) is 16.0 Å². The van der Waals surface area contributed by atoms with Crippen molar-refractivity contribution < 1.29 is 9.53 Å². The number of nitrogens with one attached hydrogen (secondary N) is 1. The van der Waals surface area contributed by atoms with Gasteiger partial charge in [0, 0.05) is 12.6 Å². The minimum Gasteiger partial charge on any atom is -0.422 e. The van der Waals surface area contributed by atoms with Gasteiger partial charge in [-0.15, -0.1) is 0 Å². The van der Waals surface area contributed by atoms with Gasteiger partial charge in [-0.25, -0.2) is 0 Å². The van der Waals surface area contributed by atoms with Gasteiger partial charge in [-0.2, -0.15) is 0 Å². The summed E-state index contributed by atoms with van der Waals surface area (Å²) in [7, 11) is 0. The Morgan fingerprint density at radius 2 is 2.38 bits per heavy atom. The van der Waals surface area contributed by atoms with Crippen LogP contribution >= 0.6 is 0 Å². The zero-order chi connectivity index (χ0) is 10.7. The number of nitrogens with zero attached hydrogens (tertiary/aromatic N) is 1. The lowest BCUT2D eigenvalue weighted by Crippen LogP contribution is -2.10. The molecule has 0 radical (unpaired) electrons. The summed E-state index contributed by atoms with van der Waals surface area (Å²) in [6.45, 7) is 0. The quantitative estimate of drug-likeness (QED) is 0.661. The van der Waals surface area contributed by atoms with Gasteiger partial charge in [-0.1, -0.05) is 0 Å². The van der Waals surface area contributed by atoms with Crippen molar-refractivity contribution in [3.8, 4) is 5.75 Å². The summed E-state index contributed by atoms with van der Waals surface area (Å²) in [5.74, 6) is 0.664. The third-order valence-electron chi connectivity index (χ3n) is 3.21. The van der Waals surface area contributed by atoms with Crippen LogP contribution in [-0.2, 0) is 11.2 Å². The first-order valence-corrected chi connectivity index (χ1v) is 5.52. The molecule has 0 unspecified atom stereocenters. The lowest BCUT2D eigenvalue weighted by atomic mass is 10.2. The Morgan fingerprint density at radius 1 is 1.50 bits per heavy atom. The molecule has 0 saturated heterocycles. The normalized spacial score (nSPS) is 17.2. The van der Waals surface area contributed by atoms with Gasteiger partial charge < -0.3 is 9.72 Å². The molecule has 3 bridgehead atoms. The van der Waals surface area contributed by atoms with E-state index in [1.165, 1.54) is 5.56 Å². The van der Waals surface area contributed by atoms with E-state index in [9.17, 15) is 4.79 Å². The van der Waals surface area contributed by atoms with Crippen molar-refractivity contribution in [1.82, 2.24) is 9.97 Å². The topological polar surface area (TPSA) is 55.0 Å². The number of aromatic nitrogens is 2. The molecule has 3 heterocycles. The fourth-order valence-corrected chi connectivity index (χ4v) is 2.18. The largest absolute Gasteiger partial charge is 0.422 e. The van der Waals surface area contributed by atoms with Crippen molar-refractivity contribution in [2.75, 3.05) is 0 Å². The van der Waals surface area contributed by atoms with E-state index in [4.69, 9.17) is 4.74 Å². The summed E-state index contributed by atoms with van der Waals surface area (Å²) in [4.78, 5) is 19.2. The highest BCUT2D eigenvalue weighted by atomic mass is 16.5. The van der Waals surface area contributed by atoms with Crippen molar-refractivity contribution in [1.29, 1.82) is 0 Å². The minimum absolute atomic E-state index is 0.103. The second-order valence-corrected chi connectivity index (χ2v) is 4.54. The SMILES string of the molecule is O=C(Oc1c2[nH]c3cc(cnc13)C2)C1CC1. The predicted octanol–water partition coefficient (Wildman–Crippen LogP) is 1.78. The predicted molar refractivity (Wildman–Crippen MR) is 57.3 cm³/mol. The monoisotopic (exact) mass is 214 g/mol. The number of esters is 1. The molecule has 4 nitrogen and oxygen atoms in total. The molecule has 4 rings (SSSR count). The molecule has 0 atom stereocenters. The molecule has 0 aromatic carbocycles. The molecule has 1 aliphatic heterocycles. The Bertz CT molecular complexity index is 611. The first-order chi connectivity index (χ1) is 7.81. The first-order valence-electron chi connectivity index (χ1n) is 5.52. The molecule has 2 aliphatic rings. The molecule has 4 heteroatoms. The first kappa shape index (κ1) is 8.33. The number of H-pyrrole nitrogens is 1. The minimum atomic E-state index is -0.103. The second-order valence-electron chi connectivity index (χ2n) is 4.54. The number of hydrogen-bond donors (Lipinski definition) is 1. The van der Waals surface area contributed by atoms with Gasteiger partial charge in [0.2, 0.25) is 0 Å². The Hall–Kier alpha value is -1.84. The summed E-state index contributed by atoms with van der Waals surface area (Å²) >= 11 is 0. The second kappa shape index (κ2) is 2.64. The number of hydrogen-bond acceptors (Lipinski definition) is 3. The Labute approximate surface area is 91.6 Å². The van der Waals surface area contributed by atoms with Crippen LogP contribution in [0, 0.1) is 5.92 Å². The maximum Gasteiger partial charge on any atom is 0.314 e. The van der Waals surface area contributed by atoms with Crippen LogP contribution in [0.1, 0.15) is 24.1 Å². The molecule has 80 valence electrons. The number of carbonyl (C=O) groups excluding carboxylic acids is 1. The molecule has 2 aromatic rings. The molecule has 16 heavy (non-hydrogen) atoms. The van der Waals surface area contributed by atoms with E-state index < -0.39 is 0 Å². The molecule has 1 N–H and O–H groups in total. The smallest absolute Gasteiger partial charge is 0.314 e. The van der Waals surface area contributed by atoms with Crippen molar-refractivity contribution in [3.05, 3.63) is 23.5 Å². The fraction of sp³-hybridized carbons (Fsp3) is 0.333. The van der Waals surface area contributed by atoms with Gasteiger partial charge in [-0.05, 0) is 24.5 Å². The zero-order valence-corrected chi connectivity index (χ0v) is 8.62. The maximum absolute atomic E-state index is 11.6. The molecule has 2 aromatic heterocycles. The van der Waals surface area contributed by atoms with Gasteiger partial charge in [0.15, 0.2) is 5.75 Å². The highest BCUT2D eigenvalue weighted by molar-refractivity contribution is 5.89. The Balaban J connectivity index is 1.80. The molecular weight excluding hydrogens is 204 g/mol. The molecule has 1 saturated carbocycles. The number of ether oxygens (including phenoxy) is 1. The standard InChI is InChI=1S/C12H10N2O2/c15-12(7-1-2-7)16-11-9-4-6-3-8(14-9)10(11)13-5-6/h3,5,7,14H,1-2,4H2. The number of pyridine rings is 1. The summed E-state index contributed by atoms with van der Waals surface area (Å²) in [6.07, 6.45) is 4.56. The lowest BCUT2D eigenvalue weighted by Gasteiger charge is -2.03. The summed E-state index contributed by atoms with van der Waals surface area (Å²) in [5.41, 5.74) is 3.90. The van der Waals surface area contributed by atoms with E-state index in [0.717, 1.165) is 36.0 Å². The summed E-state index contributed by atoms with van der Waals surface area (Å²) < 4.78 is 5.45. The van der Waals surface area contributed by atoms with Crippen LogP contribution in [0.3, 0.4) is 0 Å². The van der Waals surface area contributed by atoms with Crippen LogP contribution in [0.5, 0.6) is 5.75 Å². The third-order valence-corrected chi connectivity index (χ3v) is 3.21. The lowest BCUT2D eigenvalue weighted by molar-refractivity contribution is -0.135. The molecular formula is C12H10N2O2. The zero-order valence-electron chi connectivity index (χ0n) is 8.62. The van der Waals surface area contributed by atoms with E-state index in [1.54, 1.807) is 0 Å². The third kappa shape index (κ3) is 1.04. The van der Waals surface area contributed by atoms with Crippen LogP contribution in [0.25, 0.3) is 11.0 Å². The number of rotatable bonds is 2. The molecule has 1 fully saturated rings. The van der Waals surface area contributed by atoms with Gasteiger partial charge in [0.25, 0.3) is 0 Å². The van der Waals surface area contributed by atoms with Crippen molar-refractivity contribution in [2.24, 2.45) is 5.92 Å². The van der Waals surface area contributed by atoms with Gasteiger partial charge in [0.05, 0.1) is 17.1 Å². The van der Waals surface area contributed by atoms with Gasteiger partial charge in [-0.3, -0.25) is 9.78 Å². The number of aromatic amines is 1. The molecule has 0 spiro atoms. The van der Waals surface area contributed by atoms with E-state index in [-0.39, 0.29) is 11.9 Å². The maximum atomic E-state index is 11.6. The molecule has 1 aliphatic carbocycles. The number of carbonyl (C=O) groups is 1. The van der Waals surface area contributed by atoms with Crippen molar-refractivity contribution >= 4 is 17.0 Å². The summed E-state index contributed by atoms with van der Waals surface area (Å²) in [5, 5.41) is 0. The average molecular weight is 214 g/mol. The van der Waals surface area contributed by atoms with Crippen LogP contribution in [0.4, 0.5) is 0 Å².